The van der Waals surface area contributed by atoms with E-state index in [0.717, 1.165) is 13.1 Å². The Morgan fingerprint density at radius 2 is 1.89 bits per heavy atom. The lowest BCUT2D eigenvalue weighted by atomic mass is 10.2. The summed E-state index contributed by atoms with van der Waals surface area (Å²) >= 11 is 0. The summed E-state index contributed by atoms with van der Waals surface area (Å²) in [5, 5.41) is 0. The molecular weight excluding hydrogens is 245 g/mol. The van der Waals surface area contributed by atoms with Crippen LogP contribution < -0.4 is 9.64 Å². The van der Waals surface area contributed by atoms with Crippen LogP contribution in [-0.4, -0.2) is 44.5 Å². The predicted molar refractivity (Wildman–Crippen MR) is 61.7 cm³/mol. The number of likely N-dealkylation sites (N-methyl/N-ethyl adjacent to an activating group) is 1. The molecule has 1 radical (unpaired) electrons. The third kappa shape index (κ3) is 3.29. The fraction of sp³-hybridized carbons (Fsp3) is 0.500. The van der Waals surface area contributed by atoms with Gasteiger partial charge in [-0.2, -0.15) is 0 Å². The van der Waals surface area contributed by atoms with Crippen molar-refractivity contribution in [2.75, 3.05) is 38.1 Å². The molecule has 1 saturated heterocycles. The number of halogens is 3. The van der Waals surface area contributed by atoms with Gasteiger partial charge in [-0.15, -0.1) is 13.2 Å². The topological polar surface area (TPSA) is 15.7 Å². The summed E-state index contributed by atoms with van der Waals surface area (Å²) < 4.78 is 40.9. The molecule has 2 rings (SSSR count). The van der Waals surface area contributed by atoms with Gasteiger partial charge in [0.2, 0.25) is 0 Å². The molecular formula is C12H14F3N2O. The van der Waals surface area contributed by atoms with Gasteiger partial charge in [0.1, 0.15) is 0 Å². The van der Waals surface area contributed by atoms with Crippen molar-refractivity contribution in [3.63, 3.8) is 0 Å². The second-order valence-electron chi connectivity index (χ2n) is 4.23. The molecule has 0 amide bonds. The smallest absolute Gasteiger partial charge is 0.404 e. The molecule has 0 bridgehead atoms. The van der Waals surface area contributed by atoms with Gasteiger partial charge < -0.3 is 14.5 Å². The first kappa shape index (κ1) is 13.0. The van der Waals surface area contributed by atoms with Gasteiger partial charge in [-0.25, -0.2) is 0 Å². The second-order valence-corrected chi connectivity index (χ2v) is 4.23. The monoisotopic (exact) mass is 259 g/mol. The maximum atomic E-state index is 12.3. The van der Waals surface area contributed by atoms with E-state index in [1.54, 1.807) is 12.1 Å². The summed E-state index contributed by atoms with van der Waals surface area (Å²) in [5.41, 5.74) is 0.471. The maximum absolute atomic E-state index is 12.3. The Labute approximate surface area is 104 Å². The number of anilines is 1. The molecule has 18 heavy (non-hydrogen) atoms. The summed E-state index contributed by atoms with van der Waals surface area (Å²) in [7, 11) is 1.99. The zero-order chi connectivity index (χ0) is 13.2. The first-order chi connectivity index (χ1) is 8.46. The van der Waals surface area contributed by atoms with Crippen molar-refractivity contribution in [2.45, 2.75) is 6.36 Å². The first-order valence-electron chi connectivity index (χ1n) is 5.65. The van der Waals surface area contributed by atoms with Gasteiger partial charge in [-0.1, -0.05) is 6.07 Å². The van der Waals surface area contributed by atoms with Gasteiger partial charge in [0.25, 0.3) is 0 Å². The van der Waals surface area contributed by atoms with Gasteiger partial charge in [-0.3, -0.25) is 0 Å². The van der Waals surface area contributed by atoms with Crippen molar-refractivity contribution in [1.29, 1.82) is 0 Å². The highest BCUT2D eigenvalue weighted by molar-refractivity contribution is 5.58. The molecule has 0 atom stereocenters. The van der Waals surface area contributed by atoms with E-state index < -0.39 is 6.36 Å². The summed E-state index contributed by atoms with van der Waals surface area (Å²) in [5.74, 6) is -0.186. The molecule has 1 aliphatic heterocycles. The molecule has 0 aromatic heterocycles. The van der Waals surface area contributed by atoms with E-state index >= 15 is 0 Å². The Balaban J connectivity index is 2.17. The van der Waals surface area contributed by atoms with E-state index in [1.807, 2.05) is 11.9 Å². The van der Waals surface area contributed by atoms with Crippen molar-refractivity contribution in [3.05, 3.63) is 24.3 Å². The van der Waals surface area contributed by atoms with E-state index in [0.29, 0.717) is 18.8 Å². The van der Waals surface area contributed by atoms with E-state index in [1.165, 1.54) is 6.07 Å². The third-order valence-electron chi connectivity index (χ3n) is 2.87. The number of hydrogen-bond acceptors (Lipinski definition) is 3. The largest absolute Gasteiger partial charge is 0.573 e. The van der Waals surface area contributed by atoms with Crippen LogP contribution in [0.3, 0.4) is 0 Å². The summed E-state index contributed by atoms with van der Waals surface area (Å²) in [6.07, 6.45) is -4.67. The Kier molecular flexibility index (Phi) is 3.65. The lowest BCUT2D eigenvalue weighted by Gasteiger charge is -2.34. The Morgan fingerprint density at radius 3 is 2.50 bits per heavy atom. The number of nitrogens with zero attached hydrogens (tertiary/aromatic N) is 2. The van der Waals surface area contributed by atoms with Crippen LogP contribution in [0.2, 0.25) is 0 Å². The van der Waals surface area contributed by atoms with Crippen LogP contribution in [0.25, 0.3) is 0 Å². The summed E-state index contributed by atoms with van der Waals surface area (Å²) in [6.45, 7) is 3.03. The quantitative estimate of drug-likeness (QED) is 0.809. The van der Waals surface area contributed by atoms with Crippen molar-refractivity contribution in [1.82, 2.24) is 4.90 Å². The van der Waals surface area contributed by atoms with Gasteiger partial charge >= 0.3 is 6.36 Å². The highest BCUT2D eigenvalue weighted by Crippen LogP contribution is 2.32. The minimum atomic E-state index is -4.67. The minimum absolute atomic E-state index is 0.186. The summed E-state index contributed by atoms with van der Waals surface area (Å²) in [4.78, 5) is 4.03. The predicted octanol–water partition coefficient (Wildman–Crippen LogP) is 2.14. The molecule has 0 unspecified atom stereocenters. The summed E-state index contributed by atoms with van der Waals surface area (Å²) in [6, 6.07) is 7.03. The van der Waals surface area contributed by atoms with Crippen LogP contribution in [0.5, 0.6) is 5.75 Å². The van der Waals surface area contributed by atoms with E-state index in [4.69, 9.17) is 0 Å². The molecule has 99 valence electrons. The van der Waals surface area contributed by atoms with Crippen LogP contribution in [0, 0.1) is 6.07 Å². The average molecular weight is 259 g/mol. The molecule has 1 heterocycles. The van der Waals surface area contributed by atoms with Crippen LogP contribution in [0.4, 0.5) is 18.9 Å². The van der Waals surface area contributed by atoms with Gasteiger partial charge in [-0.05, 0) is 25.2 Å². The Hall–Kier alpha value is -1.43. The molecule has 0 N–H and O–H groups in total. The van der Waals surface area contributed by atoms with Crippen LogP contribution in [0.1, 0.15) is 0 Å². The normalized spacial score (nSPS) is 17.9. The lowest BCUT2D eigenvalue weighted by molar-refractivity contribution is -0.274. The van der Waals surface area contributed by atoms with Crippen molar-refractivity contribution < 1.29 is 17.9 Å². The number of ether oxygens (including phenoxy) is 1. The molecule has 0 spiro atoms. The molecule has 0 saturated carbocycles. The highest BCUT2D eigenvalue weighted by atomic mass is 19.4. The van der Waals surface area contributed by atoms with Gasteiger partial charge in [0.15, 0.2) is 5.75 Å². The second kappa shape index (κ2) is 5.06. The van der Waals surface area contributed by atoms with Crippen molar-refractivity contribution >= 4 is 5.69 Å². The van der Waals surface area contributed by atoms with E-state index in [-0.39, 0.29) is 5.75 Å². The molecule has 1 aromatic rings. The van der Waals surface area contributed by atoms with Gasteiger partial charge in [0, 0.05) is 26.2 Å². The van der Waals surface area contributed by atoms with Crippen LogP contribution >= 0.6 is 0 Å². The van der Waals surface area contributed by atoms with E-state index in [2.05, 4.69) is 15.7 Å². The lowest BCUT2D eigenvalue weighted by Crippen LogP contribution is -2.44. The fourth-order valence-electron chi connectivity index (χ4n) is 1.92. The maximum Gasteiger partial charge on any atom is 0.573 e. The molecule has 1 aromatic carbocycles. The first-order valence-corrected chi connectivity index (χ1v) is 5.65. The minimum Gasteiger partial charge on any atom is -0.404 e. The zero-order valence-corrected chi connectivity index (χ0v) is 10.00. The third-order valence-corrected chi connectivity index (χ3v) is 2.87. The number of alkyl halides is 3. The molecule has 3 nitrogen and oxygen atoms in total. The Morgan fingerprint density at radius 1 is 1.22 bits per heavy atom. The van der Waals surface area contributed by atoms with Crippen LogP contribution in [0.15, 0.2) is 18.2 Å². The molecule has 0 aliphatic carbocycles. The number of hydrogen-bond donors (Lipinski definition) is 0. The SMILES string of the molecule is CN1CCN(c2cc[c]cc2OC(F)(F)F)CC1. The fourth-order valence-corrected chi connectivity index (χ4v) is 1.92. The van der Waals surface area contributed by atoms with Crippen molar-refractivity contribution in [2.24, 2.45) is 0 Å². The standard InChI is InChI=1S/C12H14F3N2O/c1-16-6-8-17(9-7-16)10-4-2-3-5-11(10)18-12(13,14)15/h2,4-5H,6-9H2,1H3. The molecule has 1 fully saturated rings. The van der Waals surface area contributed by atoms with Crippen LogP contribution in [-0.2, 0) is 0 Å². The van der Waals surface area contributed by atoms with Crippen molar-refractivity contribution in [3.8, 4) is 5.75 Å². The number of piperazine rings is 1. The zero-order valence-electron chi connectivity index (χ0n) is 10.00. The number of rotatable bonds is 2. The Bertz CT molecular complexity index is 401. The molecule has 6 heteroatoms. The average Bonchev–Trinajstić information content (AvgIpc) is 2.29. The van der Waals surface area contributed by atoms with Gasteiger partial charge in [0.05, 0.1) is 5.69 Å². The van der Waals surface area contributed by atoms with E-state index in [9.17, 15) is 13.2 Å². The molecule has 1 aliphatic rings. The highest BCUT2D eigenvalue weighted by Gasteiger charge is 2.32. The number of benzene rings is 1.